The van der Waals surface area contributed by atoms with Crippen molar-refractivity contribution in [2.24, 2.45) is 5.92 Å². The molecule has 0 atom stereocenters. The molecule has 4 nitrogen and oxygen atoms in total. The zero-order valence-electron chi connectivity index (χ0n) is 12.7. The molecule has 0 aliphatic carbocycles. The van der Waals surface area contributed by atoms with Crippen LogP contribution in [-0.2, 0) is 13.1 Å². The normalized spacial score (nSPS) is 16.8. The smallest absolute Gasteiger partial charge is 0.0795 e. The van der Waals surface area contributed by atoms with Crippen molar-refractivity contribution in [3.8, 4) is 0 Å². The highest BCUT2D eigenvalue weighted by atomic mass is 32.1. The fraction of sp³-hybridized carbons (Fsp3) is 0.471. The van der Waals surface area contributed by atoms with Crippen molar-refractivity contribution in [1.29, 1.82) is 0 Å². The lowest BCUT2D eigenvalue weighted by molar-refractivity contribution is 0.127. The topological polar surface area (TPSA) is 48.4 Å². The van der Waals surface area contributed by atoms with Gasteiger partial charge in [-0.1, -0.05) is 12.1 Å². The van der Waals surface area contributed by atoms with Crippen molar-refractivity contribution >= 4 is 17.0 Å². The number of nitrogens with one attached hydrogen (secondary N) is 1. The van der Waals surface area contributed by atoms with Gasteiger partial charge in [-0.25, -0.2) is 4.98 Å². The summed E-state index contributed by atoms with van der Waals surface area (Å²) < 4.78 is 0. The number of hydrogen-bond acceptors (Lipinski definition) is 5. The summed E-state index contributed by atoms with van der Waals surface area (Å²) in [4.78, 5) is 6.77. The minimum absolute atomic E-state index is 0.337. The molecule has 2 N–H and O–H groups in total. The second-order valence-corrected chi connectivity index (χ2v) is 6.65. The van der Waals surface area contributed by atoms with Gasteiger partial charge in [0, 0.05) is 24.2 Å². The highest BCUT2D eigenvalue weighted by Gasteiger charge is 2.18. The molecule has 5 heteroatoms. The van der Waals surface area contributed by atoms with Gasteiger partial charge in [0.1, 0.15) is 0 Å². The first kappa shape index (κ1) is 15.5. The second kappa shape index (κ2) is 7.72. The molecule has 0 spiro atoms. The van der Waals surface area contributed by atoms with Gasteiger partial charge in [0.2, 0.25) is 0 Å². The van der Waals surface area contributed by atoms with E-state index in [9.17, 15) is 5.11 Å². The van der Waals surface area contributed by atoms with Crippen LogP contribution in [0.4, 0.5) is 5.69 Å². The number of anilines is 1. The largest absolute Gasteiger partial charge is 0.396 e. The molecule has 22 heavy (non-hydrogen) atoms. The van der Waals surface area contributed by atoms with E-state index in [1.165, 1.54) is 5.56 Å². The molecule has 0 amide bonds. The zero-order valence-corrected chi connectivity index (χ0v) is 13.6. The van der Waals surface area contributed by atoms with Crippen LogP contribution in [-0.4, -0.2) is 34.7 Å². The molecule has 1 aliphatic rings. The van der Waals surface area contributed by atoms with Gasteiger partial charge in [-0.2, -0.15) is 0 Å². The standard InChI is InChI=1S/C17H23N3OS/c21-11-14-4-6-20(7-5-14)10-15-2-1-3-16(8-15)18-9-17-12-22-13-19-17/h1-3,8,12-14,18,21H,4-7,9-11H2. The van der Waals surface area contributed by atoms with E-state index in [0.717, 1.165) is 50.4 Å². The maximum Gasteiger partial charge on any atom is 0.0795 e. The third kappa shape index (κ3) is 4.29. The monoisotopic (exact) mass is 317 g/mol. The first-order valence-corrected chi connectivity index (χ1v) is 8.81. The van der Waals surface area contributed by atoms with Crippen molar-refractivity contribution in [1.82, 2.24) is 9.88 Å². The van der Waals surface area contributed by atoms with Crippen LogP contribution in [0.25, 0.3) is 0 Å². The van der Waals surface area contributed by atoms with E-state index >= 15 is 0 Å². The van der Waals surface area contributed by atoms with Crippen LogP contribution >= 0.6 is 11.3 Å². The predicted octanol–water partition coefficient (Wildman–Crippen LogP) is 2.96. The number of rotatable bonds is 6. The molecule has 2 aromatic rings. The first-order chi connectivity index (χ1) is 10.8. The van der Waals surface area contributed by atoms with E-state index in [1.54, 1.807) is 11.3 Å². The molecular formula is C17H23N3OS. The maximum absolute atomic E-state index is 9.21. The van der Waals surface area contributed by atoms with Crippen LogP contribution in [0.3, 0.4) is 0 Å². The Kier molecular flexibility index (Phi) is 5.43. The molecule has 1 aliphatic heterocycles. The third-order valence-corrected chi connectivity index (χ3v) is 4.89. The Morgan fingerprint density at radius 3 is 2.91 bits per heavy atom. The summed E-state index contributed by atoms with van der Waals surface area (Å²) in [6, 6.07) is 8.63. The minimum Gasteiger partial charge on any atom is -0.396 e. The van der Waals surface area contributed by atoms with E-state index in [1.807, 2.05) is 5.51 Å². The molecule has 3 rings (SSSR count). The summed E-state index contributed by atoms with van der Waals surface area (Å²) in [5, 5.41) is 14.7. The lowest BCUT2D eigenvalue weighted by Gasteiger charge is -2.31. The molecule has 0 bridgehead atoms. The molecule has 0 saturated carbocycles. The Bertz CT molecular complexity index is 565. The Hall–Kier alpha value is -1.43. The van der Waals surface area contributed by atoms with Gasteiger partial charge in [0.05, 0.1) is 17.7 Å². The van der Waals surface area contributed by atoms with E-state index < -0.39 is 0 Å². The molecule has 2 heterocycles. The number of aliphatic hydroxyl groups excluding tert-OH is 1. The van der Waals surface area contributed by atoms with Crippen molar-refractivity contribution in [2.75, 3.05) is 25.0 Å². The summed E-state index contributed by atoms with van der Waals surface area (Å²) >= 11 is 1.63. The van der Waals surface area contributed by atoms with Gasteiger partial charge in [-0.15, -0.1) is 11.3 Å². The number of nitrogens with zero attached hydrogens (tertiary/aromatic N) is 2. The number of hydrogen-bond donors (Lipinski definition) is 2. The van der Waals surface area contributed by atoms with Crippen LogP contribution in [0.5, 0.6) is 0 Å². The lowest BCUT2D eigenvalue weighted by atomic mass is 9.97. The average molecular weight is 317 g/mol. The van der Waals surface area contributed by atoms with E-state index in [2.05, 4.69) is 44.8 Å². The molecule has 1 fully saturated rings. The Morgan fingerprint density at radius 1 is 1.32 bits per heavy atom. The number of thiazole rings is 1. The van der Waals surface area contributed by atoms with Gasteiger partial charge in [-0.05, 0) is 49.5 Å². The predicted molar refractivity (Wildman–Crippen MR) is 91.0 cm³/mol. The number of likely N-dealkylation sites (tertiary alicyclic amines) is 1. The summed E-state index contributed by atoms with van der Waals surface area (Å²) in [5.74, 6) is 0.502. The molecule has 1 saturated heterocycles. The number of aliphatic hydroxyl groups is 1. The molecule has 0 unspecified atom stereocenters. The van der Waals surface area contributed by atoms with Crippen molar-refractivity contribution in [3.05, 3.63) is 46.4 Å². The fourth-order valence-corrected chi connectivity index (χ4v) is 3.44. The van der Waals surface area contributed by atoms with Crippen LogP contribution in [0.1, 0.15) is 24.1 Å². The summed E-state index contributed by atoms with van der Waals surface area (Å²) in [6.07, 6.45) is 2.22. The molecule has 0 radical (unpaired) electrons. The van der Waals surface area contributed by atoms with Gasteiger partial charge in [0.25, 0.3) is 0 Å². The third-order valence-electron chi connectivity index (χ3n) is 4.26. The van der Waals surface area contributed by atoms with Gasteiger partial charge >= 0.3 is 0 Å². The van der Waals surface area contributed by atoms with E-state index in [4.69, 9.17) is 0 Å². The number of aromatic nitrogens is 1. The Morgan fingerprint density at radius 2 is 2.18 bits per heavy atom. The van der Waals surface area contributed by atoms with E-state index in [0.29, 0.717) is 12.5 Å². The Balaban J connectivity index is 1.52. The molecule has 118 valence electrons. The van der Waals surface area contributed by atoms with Crippen molar-refractivity contribution in [2.45, 2.75) is 25.9 Å². The van der Waals surface area contributed by atoms with Gasteiger partial charge in [-0.3, -0.25) is 4.90 Å². The highest BCUT2D eigenvalue weighted by molar-refractivity contribution is 7.07. The highest BCUT2D eigenvalue weighted by Crippen LogP contribution is 2.20. The lowest BCUT2D eigenvalue weighted by Crippen LogP contribution is -2.34. The van der Waals surface area contributed by atoms with Crippen LogP contribution < -0.4 is 5.32 Å². The quantitative estimate of drug-likeness (QED) is 0.860. The van der Waals surface area contributed by atoms with Crippen molar-refractivity contribution in [3.63, 3.8) is 0 Å². The van der Waals surface area contributed by atoms with Crippen LogP contribution in [0, 0.1) is 5.92 Å². The van der Waals surface area contributed by atoms with E-state index in [-0.39, 0.29) is 0 Å². The molecule has 1 aromatic heterocycles. The zero-order chi connectivity index (χ0) is 15.2. The fourth-order valence-electron chi connectivity index (χ4n) is 2.88. The molecule has 1 aromatic carbocycles. The average Bonchev–Trinajstić information content (AvgIpc) is 3.08. The van der Waals surface area contributed by atoms with Crippen LogP contribution in [0.2, 0.25) is 0 Å². The second-order valence-electron chi connectivity index (χ2n) is 5.94. The van der Waals surface area contributed by atoms with Crippen LogP contribution in [0.15, 0.2) is 35.2 Å². The summed E-state index contributed by atoms with van der Waals surface area (Å²) in [6.45, 7) is 4.27. The first-order valence-electron chi connectivity index (χ1n) is 7.86. The van der Waals surface area contributed by atoms with Gasteiger partial charge in [0.15, 0.2) is 0 Å². The minimum atomic E-state index is 0.337. The molecular weight excluding hydrogens is 294 g/mol. The number of piperidine rings is 1. The van der Waals surface area contributed by atoms with Crippen molar-refractivity contribution < 1.29 is 5.11 Å². The number of benzene rings is 1. The summed E-state index contributed by atoms with van der Waals surface area (Å²) in [5.41, 5.74) is 5.44. The summed E-state index contributed by atoms with van der Waals surface area (Å²) in [7, 11) is 0. The van der Waals surface area contributed by atoms with Gasteiger partial charge < -0.3 is 10.4 Å². The maximum atomic E-state index is 9.21. The Labute approximate surface area is 135 Å². The SMILES string of the molecule is OCC1CCN(Cc2cccc(NCc3cscn3)c2)CC1.